The maximum absolute atomic E-state index is 13.7. The average molecular weight is 384 g/mol. The van der Waals surface area contributed by atoms with Gasteiger partial charge in [-0.25, -0.2) is 13.6 Å². The monoisotopic (exact) mass is 384 g/mol. The van der Waals surface area contributed by atoms with E-state index in [0.29, 0.717) is 0 Å². The van der Waals surface area contributed by atoms with Gasteiger partial charge < -0.3 is 20.5 Å². The zero-order valence-corrected chi connectivity index (χ0v) is 15.2. The number of para-hydroxylation sites is 1. The van der Waals surface area contributed by atoms with E-state index in [-0.39, 0.29) is 18.8 Å². The third kappa shape index (κ3) is 4.41. The zero-order valence-electron chi connectivity index (χ0n) is 15.2. The van der Waals surface area contributed by atoms with Crippen LogP contribution in [0, 0.1) is 17.6 Å². The van der Waals surface area contributed by atoms with Crippen molar-refractivity contribution in [2.75, 3.05) is 5.32 Å². The lowest BCUT2D eigenvalue weighted by atomic mass is 10.00. The topological polar surface area (TPSA) is 108 Å². The van der Waals surface area contributed by atoms with E-state index >= 15 is 0 Å². The third-order valence-corrected chi connectivity index (χ3v) is 4.37. The predicted octanol–water partition coefficient (Wildman–Crippen LogP) is 2.07. The zero-order chi connectivity index (χ0) is 20.4. The molecule has 0 aromatic heterocycles. The summed E-state index contributed by atoms with van der Waals surface area (Å²) in [4.78, 5) is 36.1. The summed E-state index contributed by atoms with van der Waals surface area (Å²) in [6.07, 6.45) is -0.943. The van der Waals surface area contributed by atoms with Gasteiger partial charge in [-0.15, -0.1) is 0 Å². The first-order chi connectivity index (χ1) is 12.6. The second-order valence-electron chi connectivity index (χ2n) is 6.82. The number of rotatable bonds is 8. The van der Waals surface area contributed by atoms with E-state index in [0.717, 1.165) is 18.2 Å². The molecule has 9 heteroatoms. The summed E-state index contributed by atoms with van der Waals surface area (Å²) in [5.74, 6) is -4.74. The Morgan fingerprint density at radius 1 is 1.26 bits per heavy atom. The number of aliphatic carboxylic acids is 1. The summed E-state index contributed by atoms with van der Waals surface area (Å²) < 4.78 is 32.5. The number of hydrogen-bond donors (Lipinski definition) is 3. The SMILES string of the molecule is CCC1(C(=O)O)OC1C(=O)N[C@@H](CC(C)C)C(=O)Nc1c(F)cccc1F. The molecule has 2 rings (SSSR count). The minimum absolute atomic E-state index is 0.0259. The number of nitrogens with one attached hydrogen (secondary N) is 2. The Morgan fingerprint density at radius 2 is 1.85 bits per heavy atom. The molecule has 3 atom stereocenters. The number of carbonyl (C=O) groups excluding carboxylic acids is 2. The Kier molecular flexibility index (Phi) is 6.15. The summed E-state index contributed by atoms with van der Waals surface area (Å²) in [5.41, 5.74) is -2.21. The summed E-state index contributed by atoms with van der Waals surface area (Å²) in [6, 6.07) is 2.04. The molecule has 2 amide bonds. The summed E-state index contributed by atoms with van der Waals surface area (Å²) in [7, 11) is 0. The maximum Gasteiger partial charge on any atom is 0.339 e. The molecule has 1 aromatic carbocycles. The maximum atomic E-state index is 13.7. The van der Waals surface area contributed by atoms with Crippen LogP contribution in [0.5, 0.6) is 0 Å². The summed E-state index contributed by atoms with van der Waals surface area (Å²) in [5, 5.41) is 13.8. The molecule has 7 nitrogen and oxygen atoms in total. The number of carboxylic acids is 1. The Balaban J connectivity index is 2.12. The molecule has 1 aliphatic heterocycles. The fraction of sp³-hybridized carbons (Fsp3) is 0.500. The van der Waals surface area contributed by atoms with Crippen molar-refractivity contribution in [2.45, 2.75) is 51.4 Å². The highest BCUT2D eigenvalue weighted by atomic mass is 19.1. The fourth-order valence-electron chi connectivity index (χ4n) is 2.80. The number of carbonyl (C=O) groups is 3. The van der Waals surface area contributed by atoms with E-state index in [1.807, 2.05) is 0 Å². The highest BCUT2D eigenvalue weighted by Gasteiger charge is 2.65. The van der Waals surface area contributed by atoms with Gasteiger partial charge in [0, 0.05) is 0 Å². The third-order valence-electron chi connectivity index (χ3n) is 4.37. The summed E-state index contributed by atoms with van der Waals surface area (Å²) >= 11 is 0. The van der Waals surface area contributed by atoms with Crippen LogP contribution in [-0.2, 0) is 19.1 Å². The van der Waals surface area contributed by atoms with Crippen molar-refractivity contribution in [3.63, 3.8) is 0 Å². The number of anilines is 1. The Bertz CT molecular complexity index is 735. The van der Waals surface area contributed by atoms with Crippen molar-refractivity contribution in [1.82, 2.24) is 5.32 Å². The number of epoxide rings is 1. The molecule has 0 saturated carbocycles. The van der Waals surface area contributed by atoms with E-state index in [2.05, 4.69) is 10.6 Å². The minimum Gasteiger partial charge on any atom is -0.479 e. The second-order valence-corrected chi connectivity index (χ2v) is 6.82. The lowest BCUT2D eigenvalue weighted by molar-refractivity contribution is -0.143. The van der Waals surface area contributed by atoms with Crippen molar-refractivity contribution in [3.05, 3.63) is 29.8 Å². The van der Waals surface area contributed by atoms with Crippen LogP contribution in [0.4, 0.5) is 14.5 Å². The average Bonchev–Trinajstić information content (AvgIpc) is 3.33. The number of carboxylic acid groups (broad SMARTS) is 1. The molecule has 1 saturated heterocycles. The number of hydrogen-bond acceptors (Lipinski definition) is 4. The van der Waals surface area contributed by atoms with Crippen LogP contribution in [0.15, 0.2) is 18.2 Å². The molecule has 1 heterocycles. The molecule has 1 fully saturated rings. The molecule has 1 aliphatic rings. The van der Waals surface area contributed by atoms with E-state index in [9.17, 15) is 28.3 Å². The fourth-order valence-corrected chi connectivity index (χ4v) is 2.80. The van der Waals surface area contributed by atoms with Gasteiger partial charge in [0.15, 0.2) is 6.10 Å². The summed E-state index contributed by atoms with van der Waals surface area (Å²) in [6.45, 7) is 5.18. The van der Waals surface area contributed by atoms with Crippen molar-refractivity contribution in [2.24, 2.45) is 5.92 Å². The van der Waals surface area contributed by atoms with E-state index in [1.165, 1.54) is 0 Å². The first kappa shape index (κ1) is 20.8. The van der Waals surface area contributed by atoms with Crippen molar-refractivity contribution in [1.29, 1.82) is 0 Å². The van der Waals surface area contributed by atoms with Crippen LogP contribution in [0.2, 0.25) is 0 Å². The van der Waals surface area contributed by atoms with Gasteiger partial charge in [0.2, 0.25) is 11.5 Å². The van der Waals surface area contributed by atoms with Gasteiger partial charge in [-0.05, 0) is 30.9 Å². The molecule has 0 aliphatic carbocycles. The number of benzene rings is 1. The molecule has 3 N–H and O–H groups in total. The van der Waals surface area contributed by atoms with Crippen molar-refractivity contribution in [3.8, 4) is 0 Å². The number of halogens is 2. The van der Waals surface area contributed by atoms with Crippen molar-refractivity contribution >= 4 is 23.5 Å². The van der Waals surface area contributed by atoms with Crippen LogP contribution in [0.25, 0.3) is 0 Å². The Morgan fingerprint density at radius 3 is 2.30 bits per heavy atom. The predicted molar refractivity (Wildman–Crippen MR) is 91.9 cm³/mol. The van der Waals surface area contributed by atoms with Gasteiger partial charge in [0.05, 0.1) is 0 Å². The van der Waals surface area contributed by atoms with Gasteiger partial charge in [-0.2, -0.15) is 0 Å². The van der Waals surface area contributed by atoms with Crippen LogP contribution >= 0.6 is 0 Å². The minimum atomic E-state index is -1.60. The molecule has 1 aromatic rings. The normalized spacial score (nSPS) is 22.2. The second kappa shape index (κ2) is 7.99. The number of amides is 2. The smallest absolute Gasteiger partial charge is 0.339 e. The van der Waals surface area contributed by atoms with E-state index in [4.69, 9.17) is 4.74 Å². The first-order valence-electron chi connectivity index (χ1n) is 8.58. The van der Waals surface area contributed by atoms with E-state index in [1.54, 1.807) is 20.8 Å². The van der Waals surface area contributed by atoms with Gasteiger partial charge in [-0.3, -0.25) is 9.59 Å². The van der Waals surface area contributed by atoms with Gasteiger partial charge in [-0.1, -0.05) is 26.8 Å². The largest absolute Gasteiger partial charge is 0.479 e. The highest BCUT2D eigenvalue weighted by Crippen LogP contribution is 2.40. The van der Waals surface area contributed by atoms with Gasteiger partial charge in [0.25, 0.3) is 5.91 Å². The van der Waals surface area contributed by atoms with Gasteiger partial charge in [0.1, 0.15) is 23.4 Å². The molecule has 2 unspecified atom stereocenters. The molecule has 0 spiro atoms. The molecule has 27 heavy (non-hydrogen) atoms. The first-order valence-corrected chi connectivity index (χ1v) is 8.58. The molecular formula is C18H22F2N2O5. The van der Waals surface area contributed by atoms with E-state index < -0.39 is 52.9 Å². The van der Waals surface area contributed by atoms with Crippen LogP contribution in [-0.4, -0.2) is 40.6 Å². The Labute approximate surface area is 155 Å². The molecular weight excluding hydrogens is 362 g/mol. The van der Waals surface area contributed by atoms with Crippen LogP contribution < -0.4 is 10.6 Å². The lowest BCUT2D eigenvalue weighted by Crippen LogP contribution is -2.48. The highest BCUT2D eigenvalue weighted by molar-refractivity contribution is 6.00. The lowest BCUT2D eigenvalue weighted by Gasteiger charge is -2.20. The van der Waals surface area contributed by atoms with Crippen molar-refractivity contribution < 1.29 is 33.0 Å². The molecule has 0 bridgehead atoms. The van der Waals surface area contributed by atoms with Gasteiger partial charge >= 0.3 is 5.97 Å². The molecule has 0 radical (unpaired) electrons. The van der Waals surface area contributed by atoms with Crippen LogP contribution in [0.1, 0.15) is 33.6 Å². The number of ether oxygens (including phenoxy) is 1. The quantitative estimate of drug-likeness (QED) is 0.595. The standard InChI is InChI=1S/C18H22F2N2O5/c1-4-18(17(25)26)14(27-18)16(24)21-12(8-9(2)3)15(23)22-13-10(19)6-5-7-11(13)20/h5-7,9,12,14H,4,8H2,1-3H3,(H,21,24)(H,22,23)(H,25,26)/t12-,14?,18?/m0/s1. The molecule has 148 valence electrons. The Hall–Kier alpha value is -2.55. The van der Waals surface area contributed by atoms with Crippen LogP contribution in [0.3, 0.4) is 0 Å².